The lowest BCUT2D eigenvalue weighted by Crippen LogP contribution is -2.48. The number of likely N-dealkylation sites (tertiary alicyclic amines) is 1. The van der Waals surface area contributed by atoms with Gasteiger partial charge < -0.3 is 10.6 Å². The zero-order valence-electron chi connectivity index (χ0n) is 16.0. The fraction of sp³-hybridized carbons (Fsp3) is 0.650. The molecule has 25 heavy (non-hydrogen) atoms. The van der Waals surface area contributed by atoms with Gasteiger partial charge in [-0.15, -0.1) is 24.0 Å². The quantitative estimate of drug-likeness (QED) is 0.370. The number of piperidine rings is 1. The molecule has 1 fully saturated rings. The van der Waals surface area contributed by atoms with Crippen molar-refractivity contribution in [1.82, 2.24) is 15.5 Å². The molecule has 1 aromatic carbocycles. The maximum absolute atomic E-state index is 4.72. The minimum Gasteiger partial charge on any atom is -0.357 e. The average Bonchev–Trinajstić information content (AvgIpc) is 2.57. The van der Waals surface area contributed by atoms with Gasteiger partial charge in [-0.3, -0.25) is 9.89 Å². The Morgan fingerprint density at radius 3 is 2.48 bits per heavy atom. The number of benzene rings is 1. The molecular formula is C20H35IN4. The highest BCUT2D eigenvalue weighted by atomic mass is 127. The maximum Gasteiger partial charge on any atom is 0.191 e. The van der Waals surface area contributed by atoms with Crippen LogP contribution in [0.3, 0.4) is 0 Å². The number of hydrogen-bond acceptors (Lipinski definition) is 2. The zero-order chi connectivity index (χ0) is 17.2. The zero-order valence-corrected chi connectivity index (χ0v) is 18.3. The molecule has 1 aliphatic heterocycles. The van der Waals surface area contributed by atoms with Gasteiger partial charge >= 0.3 is 0 Å². The normalized spacial score (nSPS) is 16.6. The van der Waals surface area contributed by atoms with E-state index in [0.29, 0.717) is 12.0 Å². The Kier molecular flexibility index (Phi) is 11.1. The summed E-state index contributed by atoms with van der Waals surface area (Å²) in [6, 6.07) is 11.3. The molecule has 0 atom stereocenters. The van der Waals surface area contributed by atoms with Gasteiger partial charge in [0, 0.05) is 38.8 Å². The monoisotopic (exact) mass is 458 g/mol. The van der Waals surface area contributed by atoms with Crippen molar-refractivity contribution in [1.29, 1.82) is 0 Å². The van der Waals surface area contributed by atoms with E-state index >= 15 is 0 Å². The Hall–Kier alpha value is -0.820. The highest BCUT2D eigenvalue weighted by Gasteiger charge is 2.19. The molecule has 1 aromatic rings. The summed E-state index contributed by atoms with van der Waals surface area (Å²) in [6.07, 6.45) is 3.51. The van der Waals surface area contributed by atoms with Crippen LogP contribution in [-0.2, 0) is 6.54 Å². The van der Waals surface area contributed by atoms with E-state index < -0.39 is 0 Å². The lowest BCUT2D eigenvalue weighted by atomic mass is 10.0. The number of rotatable bonds is 7. The summed E-state index contributed by atoms with van der Waals surface area (Å²) in [6.45, 7) is 11.8. The number of nitrogens with zero attached hydrogens (tertiary/aromatic N) is 2. The fourth-order valence-electron chi connectivity index (χ4n) is 3.02. The Morgan fingerprint density at radius 2 is 1.88 bits per heavy atom. The summed E-state index contributed by atoms with van der Waals surface area (Å²) in [5, 5.41) is 7.01. The summed E-state index contributed by atoms with van der Waals surface area (Å²) < 4.78 is 0. The van der Waals surface area contributed by atoms with Crippen LogP contribution < -0.4 is 10.6 Å². The van der Waals surface area contributed by atoms with Gasteiger partial charge in [-0.05, 0) is 37.7 Å². The van der Waals surface area contributed by atoms with E-state index in [1.165, 1.54) is 18.4 Å². The van der Waals surface area contributed by atoms with Crippen LogP contribution in [0, 0.1) is 5.92 Å². The summed E-state index contributed by atoms with van der Waals surface area (Å²) >= 11 is 0. The van der Waals surface area contributed by atoms with E-state index in [4.69, 9.17) is 4.99 Å². The summed E-state index contributed by atoms with van der Waals surface area (Å²) in [5.74, 6) is 1.69. The lowest BCUT2D eigenvalue weighted by molar-refractivity contribution is 0.198. The van der Waals surface area contributed by atoms with Crippen molar-refractivity contribution in [3.8, 4) is 0 Å². The predicted octanol–water partition coefficient (Wildman–Crippen LogP) is 3.87. The molecule has 142 valence electrons. The van der Waals surface area contributed by atoms with Crippen LogP contribution in [0.4, 0.5) is 0 Å². The molecule has 4 nitrogen and oxygen atoms in total. The first-order chi connectivity index (χ1) is 11.7. The van der Waals surface area contributed by atoms with Crippen LogP contribution in [0.1, 0.15) is 45.6 Å². The molecule has 0 amide bonds. The molecule has 0 radical (unpaired) electrons. The van der Waals surface area contributed by atoms with Crippen molar-refractivity contribution in [3.05, 3.63) is 35.9 Å². The molecule has 1 saturated heterocycles. The van der Waals surface area contributed by atoms with Gasteiger partial charge in [0.1, 0.15) is 0 Å². The van der Waals surface area contributed by atoms with E-state index in [9.17, 15) is 0 Å². The van der Waals surface area contributed by atoms with Gasteiger partial charge in [-0.25, -0.2) is 0 Å². The highest BCUT2D eigenvalue weighted by molar-refractivity contribution is 14.0. The molecule has 1 heterocycles. The molecule has 1 aliphatic rings. The number of halogens is 1. The molecular weight excluding hydrogens is 423 g/mol. The Balaban J connectivity index is 0.00000312. The van der Waals surface area contributed by atoms with E-state index in [1.807, 2.05) is 0 Å². The van der Waals surface area contributed by atoms with Crippen molar-refractivity contribution in [3.63, 3.8) is 0 Å². The van der Waals surface area contributed by atoms with E-state index in [0.717, 1.165) is 45.1 Å². The Morgan fingerprint density at radius 1 is 1.20 bits per heavy atom. The third-order valence-electron chi connectivity index (χ3n) is 4.50. The summed E-state index contributed by atoms with van der Waals surface area (Å²) in [5.41, 5.74) is 1.41. The topological polar surface area (TPSA) is 39.7 Å². The SMILES string of the molecule is CCNC(=NCCC(C)C)NC1CCN(Cc2ccccc2)CC1.I. The third-order valence-corrected chi connectivity index (χ3v) is 4.50. The lowest BCUT2D eigenvalue weighted by Gasteiger charge is -2.33. The fourth-order valence-corrected chi connectivity index (χ4v) is 3.02. The van der Waals surface area contributed by atoms with Crippen LogP contribution in [-0.4, -0.2) is 43.1 Å². The first-order valence-electron chi connectivity index (χ1n) is 9.48. The average molecular weight is 458 g/mol. The van der Waals surface area contributed by atoms with Crippen LogP contribution >= 0.6 is 24.0 Å². The molecule has 0 bridgehead atoms. The number of nitrogens with one attached hydrogen (secondary N) is 2. The van der Waals surface area contributed by atoms with Crippen molar-refractivity contribution in [2.45, 2.75) is 52.6 Å². The molecule has 5 heteroatoms. The molecule has 0 aromatic heterocycles. The molecule has 0 spiro atoms. The smallest absolute Gasteiger partial charge is 0.191 e. The highest BCUT2D eigenvalue weighted by Crippen LogP contribution is 2.13. The first-order valence-corrected chi connectivity index (χ1v) is 9.48. The second-order valence-electron chi connectivity index (χ2n) is 7.12. The largest absolute Gasteiger partial charge is 0.357 e. The summed E-state index contributed by atoms with van der Waals surface area (Å²) in [7, 11) is 0. The molecule has 2 N–H and O–H groups in total. The second-order valence-corrected chi connectivity index (χ2v) is 7.12. The first kappa shape index (κ1) is 22.2. The summed E-state index contributed by atoms with van der Waals surface area (Å²) in [4.78, 5) is 7.27. The minimum absolute atomic E-state index is 0. The van der Waals surface area contributed by atoms with Crippen molar-refractivity contribution < 1.29 is 0 Å². The van der Waals surface area contributed by atoms with Crippen molar-refractivity contribution in [2.24, 2.45) is 10.9 Å². The van der Waals surface area contributed by atoms with Crippen LogP contribution in [0.5, 0.6) is 0 Å². The maximum atomic E-state index is 4.72. The standard InChI is InChI=1S/C20H34N4.HI/c1-4-21-20(22-13-10-17(2)3)23-19-11-14-24(15-12-19)16-18-8-6-5-7-9-18;/h5-9,17,19H,4,10-16H2,1-3H3,(H2,21,22,23);1H. The van der Waals surface area contributed by atoms with Crippen LogP contribution in [0.2, 0.25) is 0 Å². The predicted molar refractivity (Wildman–Crippen MR) is 119 cm³/mol. The Bertz CT molecular complexity index is 482. The van der Waals surface area contributed by atoms with E-state index in [2.05, 4.69) is 66.6 Å². The Labute approximate surface area is 170 Å². The van der Waals surface area contributed by atoms with E-state index in [-0.39, 0.29) is 24.0 Å². The molecule has 2 rings (SSSR count). The van der Waals surface area contributed by atoms with Gasteiger partial charge in [0.15, 0.2) is 5.96 Å². The number of hydrogen-bond donors (Lipinski definition) is 2. The van der Waals surface area contributed by atoms with Gasteiger partial charge in [0.2, 0.25) is 0 Å². The van der Waals surface area contributed by atoms with Crippen LogP contribution in [0.15, 0.2) is 35.3 Å². The third kappa shape index (κ3) is 8.90. The van der Waals surface area contributed by atoms with Gasteiger partial charge in [-0.2, -0.15) is 0 Å². The van der Waals surface area contributed by atoms with Crippen molar-refractivity contribution >= 4 is 29.9 Å². The molecule has 0 unspecified atom stereocenters. The minimum atomic E-state index is 0. The second kappa shape index (κ2) is 12.5. The van der Waals surface area contributed by atoms with E-state index in [1.54, 1.807) is 0 Å². The van der Waals surface area contributed by atoms with Gasteiger partial charge in [0.25, 0.3) is 0 Å². The van der Waals surface area contributed by atoms with Crippen LogP contribution in [0.25, 0.3) is 0 Å². The molecule has 0 saturated carbocycles. The van der Waals surface area contributed by atoms with Gasteiger partial charge in [0.05, 0.1) is 0 Å². The van der Waals surface area contributed by atoms with Gasteiger partial charge in [-0.1, -0.05) is 44.2 Å². The molecule has 0 aliphatic carbocycles. The van der Waals surface area contributed by atoms with Crippen molar-refractivity contribution in [2.75, 3.05) is 26.2 Å². The number of aliphatic imine (C=N–C) groups is 1. The number of guanidine groups is 1.